The molecule has 0 radical (unpaired) electrons. The van der Waals surface area contributed by atoms with Gasteiger partial charge in [0.05, 0.1) is 12.7 Å². The number of benzene rings is 1. The van der Waals surface area contributed by atoms with Gasteiger partial charge in [-0.2, -0.15) is 8.42 Å². The molecule has 1 aromatic rings. The fourth-order valence-electron chi connectivity index (χ4n) is 2.23. The molecule has 1 aromatic carbocycles. The summed E-state index contributed by atoms with van der Waals surface area (Å²) >= 11 is 0. The fraction of sp³-hybridized carbons (Fsp3) is 0.500. The molecule has 1 unspecified atom stereocenters. The second kappa shape index (κ2) is 4.80. The first-order chi connectivity index (χ1) is 9.11. The van der Waals surface area contributed by atoms with Crippen molar-refractivity contribution in [2.75, 3.05) is 7.11 Å². The first-order valence-electron chi connectivity index (χ1n) is 5.87. The van der Waals surface area contributed by atoms with Crippen molar-refractivity contribution >= 4 is 10.4 Å². The van der Waals surface area contributed by atoms with Crippen molar-refractivity contribution in [2.24, 2.45) is 0 Å². The lowest BCUT2D eigenvalue weighted by atomic mass is 9.91. The van der Waals surface area contributed by atoms with Crippen LogP contribution in [0, 0.1) is 0 Å². The maximum Gasteiger partial charge on any atom is 0.397 e. The van der Waals surface area contributed by atoms with Crippen LogP contribution in [-0.4, -0.2) is 30.8 Å². The molecule has 1 heterocycles. The van der Waals surface area contributed by atoms with Crippen LogP contribution in [0.5, 0.6) is 17.2 Å². The molecule has 1 atom stereocenters. The molecule has 0 aliphatic carbocycles. The molecule has 2 N–H and O–H groups in total. The standard InChI is InChI=1S/C12H16O7S/c1-12(2)6-10(19-20(14,15)16)11-8(13)4-7(17-3)5-9(11)18-12/h4-5,10,13H,6H2,1-3H3,(H,14,15,16). The van der Waals surface area contributed by atoms with Crippen LogP contribution in [0.2, 0.25) is 0 Å². The van der Waals surface area contributed by atoms with Gasteiger partial charge >= 0.3 is 10.4 Å². The van der Waals surface area contributed by atoms with Gasteiger partial charge in [-0.05, 0) is 13.8 Å². The molecule has 2 rings (SSSR count). The summed E-state index contributed by atoms with van der Waals surface area (Å²) in [6.45, 7) is 3.49. The van der Waals surface area contributed by atoms with Crippen molar-refractivity contribution in [3.05, 3.63) is 17.7 Å². The SMILES string of the molecule is COc1cc(O)c2c(c1)OC(C)(C)CC2OS(=O)(=O)O. The van der Waals surface area contributed by atoms with E-state index in [4.69, 9.17) is 14.0 Å². The minimum Gasteiger partial charge on any atom is -0.507 e. The van der Waals surface area contributed by atoms with Gasteiger partial charge in [0.15, 0.2) is 0 Å². The molecule has 112 valence electrons. The zero-order valence-electron chi connectivity index (χ0n) is 11.3. The molecule has 0 spiro atoms. The average molecular weight is 304 g/mol. The van der Waals surface area contributed by atoms with Crippen molar-refractivity contribution in [1.82, 2.24) is 0 Å². The normalized spacial score (nSPS) is 20.9. The monoisotopic (exact) mass is 304 g/mol. The highest BCUT2D eigenvalue weighted by Crippen LogP contribution is 2.47. The topological polar surface area (TPSA) is 102 Å². The van der Waals surface area contributed by atoms with Crippen LogP contribution < -0.4 is 9.47 Å². The van der Waals surface area contributed by atoms with Crippen molar-refractivity contribution < 1.29 is 31.7 Å². The smallest absolute Gasteiger partial charge is 0.397 e. The summed E-state index contributed by atoms with van der Waals surface area (Å²) < 4.78 is 46.1. The summed E-state index contributed by atoms with van der Waals surface area (Å²) in [5.41, 5.74) is -0.552. The third-order valence-electron chi connectivity index (χ3n) is 2.95. The maximum absolute atomic E-state index is 10.9. The predicted molar refractivity (Wildman–Crippen MR) is 69.4 cm³/mol. The van der Waals surface area contributed by atoms with Crippen molar-refractivity contribution in [3.8, 4) is 17.2 Å². The minimum atomic E-state index is -4.65. The summed E-state index contributed by atoms with van der Waals surface area (Å²) in [4.78, 5) is 0. The largest absolute Gasteiger partial charge is 0.507 e. The van der Waals surface area contributed by atoms with Gasteiger partial charge in [0.2, 0.25) is 0 Å². The van der Waals surface area contributed by atoms with Crippen molar-refractivity contribution in [3.63, 3.8) is 0 Å². The van der Waals surface area contributed by atoms with Gasteiger partial charge < -0.3 is 14.6 Å². The molecule has 8 heteroatoms. The summed E-state index contributed by atoms with van der Waals surface area (Å²) in [7, 11) is -3.22. The third kappa shape index (κ3) is 3.14. The Bertz CT molecular complexity index is 621. The number of hydrogen-bond donors (Lipinski definition) is 2. The second-order valence-corrected chi connectivity index (χ2v) is 6.18. The molecule has 0 aromatic heterocycles. The Labute approximate surface area is 117 Å². The first kappa shape index (κ1) is 14.9. The zero-order valence-corrected chi connectivity index (χ0v) is 12.1. The number of ether oxygens (including phenoxy) is 2. The maximum atomic E-state index is 10.9. The Morgan fingerprint density at radius 1 is 1.40 bits per heavy atom. The number of fused-ring (bicyclic) bond motifs is 1. The van der Waals surface area contributed by atoms with Crippen LogP contribution in [0.1, 0.15) is 31.9 Å². The van der Waals surface area contributed by atoms with E-state index in [1.54, 1.807) is 13.8 Å². The molecular formula is C12H16O7S. The quantitative estimate of drug-likeness (QED) is 0.821. The first-order valence-corrected chi connectivity index (χ1v) is 7.23. The lowest BCUT2D eigenvalue weighted by Gasteiger charge is -2.36. The van der Waals surface area contributed by atoms with Crippen molar-refractivity contribution in [1.29, 1.82) is 0 Å². The zero-order chi connectivity index (χ0) is 15.1. The third-order valence-corrected chi connectivity index (χ3v) is 3.43. The molecular weight excluding hydrogens is 288 g/mol. The number of methoxy groups -OCH3 is 1. The van der Waals surface area contributed by atoms with Gasteiger partial charge in [-0.1, -0.05) is 0 Å². The van der Waals surface area contributed by atoms with E-state index in [1.807, 2.05) is 0 Å². The highest BCUT2D eigenvalue weighted by molar-refractivity contribution is 7.80. The summed E-state index contributed by atoms with van der Waals surface area (Å²) in [6, 6.07) is 2.84. The van der Waals surface area contributed by atoms with E-state index in [-0.39, 0.29) is 23.5 Å². The molecule has 0 amide bonds. The van der Waals surface area contributed by atoms with Crippen LogP contribution in [0.4, 0.5) is 0 Å². The van der Waals surface area contributed by atoms with Gasteiger partial charge in [0.1, 0.15) is 29.0 Å². The van der Waals surface area contributed by atoms with Gasteiger partial charge in [-0.15, -0.1) is 0 Å². The Hall–Kier alpha value is -1.51. The molecule has 1 aliphatic heterocycles. The van der Waals surface area contributed by atoms with Crippen LogP contribution in [0.25, 0.3) is 0 Å². The van der Waals surface area contributed by atoms with Crippen molar-refractivity contribution in [2.45, 2.75) is 32.0 Å². The van der Waals surface area contributed by atoms with E-state index in [1.165, 1.54) is 19.2 Å². The van der Waals surface area contributed by atoms with E-state index in [2.05, 4.69) is 4.18 Å². The molecule has 7 nitrogen and oxygen atoms in total. The predicted octanol–water partition coefficient (Wildman–Crippen LogP) is 1.82. The molecule has 0 bridgehead atoms. The second-order valence-electron chi connectivity index (χ2n) is 5.14. The number of phenolic OH excluding ortho intramolecular Hbond substituents is 1. The Kier molecular flexibility index (Phi) is 3.57. The summed E-state index contributed by atoms with van der Waals surface area (Å²) in [6.07, 6.45) is -0.880. The highest BCUT2D eigenvalue weighted by Gasteiger charge is 2.39. The highest BCUT2D eigenvalue weighted by atomic mass is 32.3. The van der Waals surface area contributed by atoms with Gasteiger partial charge in [-0.3, -0.25) is 4.55 Å². The van der Waals surface area contributed by atoms with Crippen LogP contribution in [-0.2, 0) is 14.6 Å². The number of rotatable bonds is 3. The van der Waals surface area contributed by atoms with Gasteiger partial charge in [0.25, 0.3) is 0 Å². The number of phenols is 1. The van der Waals surface area contributed by atoms with Crippen LogP contribution >= 0.6 is 0 Å². The number of aromatic hydroxyl groups is 1. The summed E-state index contributed by atoms with van der Waals surface area (Å²) in [5.74, 6) is 0.403. The van der Waals surface area contributed by atoms with Crippen LogP contribution in [0.3, 0.4) is 0 Å². The Morgan fingerprint density at radius 3 is 2.60 bits per heavy atom. The lowest BCUT2D eigenvalue weighted by molar-refractivity contribution is 0.0189. The van der Waals surface area contributed by atoms with Crippen LogP contribution in [0.15, 0.2) is 12.1 Å². The number of hydrogen-bond acceptors (Lipinski definition) is 6. The van der Waals surface area contributed by atoms with E-state index in [9.17, 15) is 13.5 Å². The van der Waals surface area contributed by atoms with E-state index in [0.717, 1.165) is 0 Å². The average Bonchev–Trinajstić information content (AvgIpc) is 2.23. The molecule has 0 saturated carbocycles. The molecule has 0 saturated heterocycles. The summed E-state index contributed by atoms with van der Waals surface area (Å²) in [5, 5.41) is 9.99. The van der Waals surface area contributed by atoms with E-state index >= 15 is 0 Å². The van der Waals surface area contributed by atoms with Gasteiger partial charge in [-0.25, -0.2) is 4.18 Å². The van der Waals surface area contributed by atoms with E-state index < -0.39 is 22.1 Å². The molecule has 0 fully saturated rings. The van der Waals surface area contributed by atoms with E-state index in [0.29, 0.717) is 5.75 Å². The Balaban J connectivity index is 2.53. The minimum absolute atomic E-state index is 0.152. The Morgan fingerprint density at radius 2 is 2.05 bits per heavy atom. The lowest BCUT2D eigenvalue weighted by Crippen LogP contribution is -2.36. The molecule has 20 heavy (non-hydrogen) atoms. The fourth-order valence-corrected chi connectivity index (χ4v) is 2.69. The van der Waals surface area contributed by atoms with Gasteiger partial charge in [0, 0.05) is 18.6 Å². The molecule has 1 aliphatic rings.